The maximum absolute atomic E-state index is 5.19. The zero-order valence-electron chi connectivity index (χ0n) is 16.0. The van der Waals surface area contributed by atoms with Crippen molar-refractivity contribution in [3.63, 3.8) is 0 Å². The molecule has 1 aromatic heterocycles. The van der Waals surface area contributed by atoms with Crippen molar-refractivity contribution in [1.82, 2.24) is 9.55 Å². The van der Waals surface area contributed by atoms with E-state index in [4.69, 9.17) is 4.98 Å². The molecule has 0 amide bonds. The van der Waals surface area contributed by atoms with Crippen LogP contribution in [0.25, 0.3) is 32.6 Å². The first-order valence-electron chi connectivity index (χ1n) is 9.02. The second-order valence-electron chi connectivity index (χ2n) is 8.98. The maximum Gasteiger partial charge on any atom is 0.115 e. The Hall–Kier alpha value is -2.35. The predicted molar refractivity (Wildman–Crippen MR) is 108 cm³/mol. The number of fused-ring (bicyclic) bond motifs is 6. The van der Waals surface area contributed by atoms with Gasteiger partial charge >= 0.3 is 0 Å². The lowest BCUT2D eigenvalue weighted by molar-refractivity contribution is 0.364. The maximum atomic E-state index is 5.19. The fourth-order valence-corrected chi connectivity index (χ4v) is 3.86. The van der Waals surface area contributed by atoms with Crippen LogP contribution >= 0.6 is 0 Å². The molecule has 0 unspecified atom stereocenters. The van der Waals surface area contributed by atoms with Crippen LogP contribution in [0.2, 0.25) is 0 Å². The zero-order chi connectivity index (χ0) is 18.0. The summed E-state index contributed by atoms with van der Waals surface area (Å²) in [4.78, 5) is 5.19. The minimum absolute atomic E-state index is 0.0193. The quantitative estimate of drug-likeness (QED) is 0.341. The van der Waals surface area contributed by atoms with E-state index >= 15 is 0 Å². The standard InChI is InChI=1S/C23H26N2/c1-22(2,3)21-24-19-17-13-9-7-11-15(17)16-12-8-10-14-18(16)20(19)25(21)23(4,5)6/h7-14H,1-6H3. The van der Waals surface area contributed by atoms with Crippen molar-refractivity contribution < 1.29 is 0 Å². The van der Waals surface area contributed by atoms with Gasteiger partial charge in [0.25, 0.3) is 0 Å². The number of hydrogen-bond acceptors (Lipinski definition) is 1. The van der Waals surface area contributed by atoms with E-state index in [2.05, 4.69) is 94.6 Å². The van der Waals surface area contributed by atoms with Crippen LogP contribution in [0.5, 0.6) is 0 Å². The van der Waals surface area contributed by atoms with Crippen LogP contribution in [0.3, 0.4) is 0 Å². The Kier molecular flexibility index (Phi) is 3.28. The summed E-state index contributed by atoms with van der Waals surface area (Å²) in [5.74, 6) is 1.15. The van der Waals surface area contributed by atoms with E-state index in [1.807, 2.05) is 0 Å². The van der Waals surface area contributed by atoms with Gasteiger partial charge in [0.15, 0.2) is 0 Å². The van der Waals surface area contributed by atoms with Crippen molar-refractivity contribution in [2.45, 2.75) is 52.5 Å². The van der Waals surface area contributed by atoms with Crippen LogP contribution in [0.15, 0.2) is 48.5 Å². The molecule has 0 aliphatic heterocycles. The van der Waals surface area contributed by atoms with Crippen molar-refractivity contribution in [3.05, 3.63) is 54.4 Å². The highest BCUT2D eigenvalue weighted by atomic mass is 15.1. The fourth-order valence-electron chi connectivity index (χ4n) is 3.86. The SMILES string of the molecule is CC(C)(C)c1nc2c3ccccc3c3ccccc3c2n1C(C)(C)C. The Morgan fingerprint density at radius 1 is 0.680 bits per heavy atom. The second kappa shape index (κ2) is 5.08. The lowest BCUT2D eigenvalue weighted by atomic mass is 9.93. The molecule has 0 aliphatic rings. The molecular formula is C23H26N2. The Morgan fingerprint density at radius 2 is 1.16 bits per heavy atom. The van der Waals surface area contributed by atoms with Gasteiger partial charge in [0.05, 0.1) is 11.0 Å². The van der Waals surface area contributed by atoms with Crippen LogP contribution in [0, 0.1) is 0 Å². The Bertz CT molecular complexity index is 1100. The number of nitrogens with zero attached hydrogens (tertiary/aromatic N) is 2. The molecule has 2 nitrogen and oxygen atoms in total. The molecule has 0 N–H and O–H groups in total. The Labute approximate surface area is 149 Å². The third-order valence-corrected chi connectivity index (χ3v) is 4.87. The molecule has 25 heavy (non-hydrogen) atoms. The van der Waals surface area contributed by atoms with Gasteiger partial charge in [-0.1, -0.05) is 69.3 Å². The second-order valence-corrected chi connectivity index (χ2v) is 8.98. The van der Waals surface area contributed by atoms with Crippen molar-refractivity contribution in [2.75, 3.05) is 0 Å². The van der Waals surface area contributed by atoms with Crippen LogP contribution in [-0.2, 0) is 11.0 Å². The van der Waals surface area contributed by atoms with Crippen molar-refractivity contribution in [2.24, 2.45) is 0 Å². The summed E-state index contributed by atoms with van der Waals surface area (Å²) in [6.45, 7) is 13.6. The van der Waals surface area contributed by atoms with Crippen LogP contribution in [-0.4, -0.2) is 9.55 Å². The molecule has 0 fully saturated rings. The van der Waals surface area contributed by atoms with Gasteiger partial charge < -0.3 is 4.57 Å². The first kappa shape index (κ1) is 16.1. The van der Waals surface area contributed by atoms with Gasteiger partial charge in [-0.25, -0.2) is 4.98 Å². The summed E-state index contributed by atoms with van der Waals surface area (Å²) >= 11 is 0. The summed E-state index contributed by atoms with van der Waals surface area (Å²) in [6, 6.07) is 17.4. The summed E-state index contributed by atoms with van der Waals surface area (Å²) < 4.78 is 2.46. The molecule has 1 heterocycles. The molecular weight excluding hydrogens is 304 g/mol. The zero-order valence-corrected chi connectivity index (χ0v) is 16.0. The molecule has 0 aliphatic carbocycles. The fraction of sp³-hybridized carbons (Fsp3) is 0.348. The van der Waals surface area contributed by atoms with Crippen LogP contribution < -0.4 is 0 Å². The normalized spacial score (nSPS) is 13.2. The van der Waals surface area contributed by atoms with Crippen molar-refractivity contribution >= 4 is 32.6 Å². The van der Waals surface area contributed by atoms with E-state index < -0.39 is 0 Å². The van der Waals surface area contributed by atoms with Crippen LogP contribution in [0.1, 0.15) is 47.4 Å². The molecule has 0 saturated heterocycles. The van der Waals surface area contributed by atoms with E-state index in [0.717, 1.165) is 11.3 Å². The van der Waals surface area contributed by atoms with Crippen molar-refractivity contribution in [3.8, 4) is 0 Å². The molecule has 0 spiro atoms. The topological polar surface area (TPSA) is 17.8 Å². The Morgan fingerprint density at radius 3 is 1.68 bits per heavy atom. The predicted octanol–water partition coefficient (Wildman–Crippen LogP) is 6.40. The van der Waals surface area contributed by atoms with Gasteiger partial charge in [-0.3, -0.25) is 0 Å². The van der Waals surface area contributed by atoms with Gasteiger partial charge in [0.1, 0.15) is 5.82 Å². The van der Waals surface area contributed by atoms with Gasteiger partial charge in [-0.15, -0.1) is 0 Å². The molecule has 4 aromatic rings. The number of imidazole rings is 1. The van der Waals surface area contributed by atoms with Gasteiger partial charge in [0.2, 0.25) is 0 Å². The third-order valence-electron chi connectivity index (χ3n) is 4.87. The van der Waals surface area contributed by atoms with Crippen LogP contribution in [0.4, 0.5) is 0 Å². The largest absolute Gasteiger partial charge is 0.322 e. The Balaban J connectivity index is 2.37. The number of hydrogen-bond donors (Lipinski definition) is 0. The summed E-state index contributed by atoms with van der Waals surface area (Å²) in [7, 11) is 0. The molecule has 128 valence electrons. The minimum atomic E-state index is -0.0391. The highest BCUT2D eigenvalue weighted by Crippen LogP contribution is 2.40. The summed E-state index contributed by atoms with van der Waals surface area (Å²) in [5, 5.41) is 5.11. The highest BCUT2D eigenvalue weighted by Gasteiger charge is 2.30. The average Bonchev–Trinajstić information content (AvgIpc) is 2.96. The van der Waals surface area contributed by atoms with Gasteiger partial charge in [-0.2, -0.15) is 0 Å². The third kappa shape index (κ3) is 2.35. The number of aromatic nitrogens is 2. The van der Waals surface area contributed by atoms with Crippen molar-refractivity contribution in [1.29, 1.82) is 0 Å². The van der Waals surface area contributed by atoms with E-state index in [0.29, 0.717) is 0 Å². The lowest BCUT2D eigenvalue weighted by Gasteiger charge is -2.30. The minimum Gasteiger partial charge on any atom is -0.322 e. The molecule has 0 saturated carbocycles. The molecule has 4 rings (SSSR count). The molecule has 0 atom stereocenters. The smallest absolute Gasteiger partial charge is 0.115 e. The molecule has 2 heteroatoms. The molecule has 0 radical (unpaired) electrons. The first-order chi connectivity index (χ1) is 11.7. The monoisotopic (exact) mass is 330 g/mol. The molecule has 3 aromatic carbocycles. The highest BCUT2D eigenvalue weighted by molar-refractivity contribution is 6.23. The van der Waals surface area contributed by atoms with E-state index in [-0.39, 0.29) is 11.0 Å². The van der Waals surface area contributed by atoms with E-state index in [9.17, 15) is 0 Å². The van der Waals surface area contributed by atoms with Gasteiger partial charge in [0, 0.05) is 21.7 Å². The summed E-state index contributed by atoms with van der Waals surface area (Å²) in [5.41, 5.74) is 2.32. The average molecular weight is 330 g/mol. The number of rotatable bonds is 0. The summed E-state index contributed by atoms with van der Waals surface area (Å²) in [6.07, 6.45) is 0. The molecule has 0 bridgehead atoms. The van der Waals surface area contributed by atoms with E-state index in [1.54, 1.807) is 0 Å². The number of benzene rings is 3. The lowest BCUT2D eigenvalue weighted by Crippen LogP contribution is -2.29. The van der Waals surface area contributed by atoms with Gasteiger partial charge in [-0.05, 0) is 31.5 Å². The first-order valence-corrected chi connectivity index (χ1v) is 9.02. The van der Waals surface area contributed by atoms with E-state index in [1.165, 1.54) is 27.1 Å².